The lowest BCUT2D eigenvalue weighted by atomic mass is 10.1. The lowest BCUT2D eigenvalue weighted by molar-refractivity contribution is 0.184. The number of nitrogen functional groups attached to an aromatic ring is 1. The third-order valence-corrected chi connectivity index (χ3v) is 3.34. The van der Waals surface area contributed by atoms with Crippen LogP contribution in [0.25, 0.3) is 0 Å². The standard InChI is InChI=1S/C14H21NO2/c1-16-12-9-6-10-13(14(12)15)17-11-7-4-2-3-5-8-11/h6,9-11H,2-5,7-8,15H2,1H3. The van der Waals surface area contributed by atoms with Crippen molar-refractivity contribution >= 4 is 5.69 Å². The zero-order chi connectivity index (χ0) is 12.1. The van der Waals surface area contributed by atoms with E-state index in [0.29, 0.717) is 17.5 Å². The highest BCUT2D eigenvalue weighted by Crippen LogP contribution is 2.33. The molecule has 17 heavy (non-hydrogen) atoms. The SMILES string of the molecule is COc1cccc(OC2CCCCCC2)c1N. The first-order valence-electron chi connectivity index (χ1n) is 6.40. The summed E-state index contributed by atoms with van der Waals surface area (Å²) in [5.74, 6) is 1.45. The zero-order valence-corrected chi connectivity index (χ0v) is 10.4. The average Bonchev–Trinajstić information content (AvgIpc) is 2.60. The fourth-order valence-electron chi connectivity index (χ4n) is 2.34. The van der Waals surface area contributed by atoms with Gasteiger partial charge in [-0.3, -0.25) is 0 Å². The number of hydrogen-bond donors (Lipinski definition) is 1. The predicted molar refractivity (Wildman–Crippen MR) is 69.5 cm³/mol. The van der Waals surface area contributed by atoms with Crippen LogP contribution in [0.4, 0.5) is 5.69 Å². The molecule has 0 saturated heterocycles. The van der Waals surface area contributed by atoms with Crippen LogP contribution in [0.1, 0.15) is 38.5 Å². The Morgan fingerprint density at radius 1 is 1.06 bits per heavy atom. The molecule has 0 aliphatic heterocycles. The van der Waals surface area contributed by atoms with E-state index in [1.165, 1.54) is 25.7 Å². The van der Waals surface area contributed by atoms with Crippen molar-refractivity contribution in [3.05, 3.63) is 18.2 Å². The Morgan fingerprint density at radius 3 is 2.35 bits per heavy atom. The van der Waals surface area contributed by atoms with Crippen LogP contribution in [0.15, 0.2) is 18.2 Å². The van der Waals surface area contributed by atoms with Gasteiger partial charge in [-0.15, -0.1) is 0 Å². The van der Waals surface area contributed by atoms with E-state index in [0.717, 1.165) is 18.6 Å². The lowest BCUT2D eigenvalue weighted by Crippen LogP contribution is -2.16. The minimum absolute atomic E-state index is 0.312. The number of benzene rings is 1. The first kappa shape index (κ1) is 12.1. The van der Waals surface area contributed by atoms with Crippen molar-refractivity contribution in [1.29, 1.82) is 0 Å². The zero-order valence-electron chi connectivity index (χ0n) is 10.4. The first-order valence-corrected chi connectivity index (χ1v) is 6.40. The quantitative estimate of drug-likeness (QED) is 0.645. The second-order valence-electron chi connectivity index (χ2n) is 4.60. The molecule has 2 N–H and O–H groups in total. The number of anilines is 1. The molecule has 0 heterocycles. The Kier molecular flexibility index (Phi) is 4.13. The van der Waals surface area contributed by atoms with Crippen molar-refractivity contribution in [2.75, 3.05) is 12.8 Å². The first-order chi connectivity index (χ1) is 8.31. The molecule has 0 bridgehead atoms. The van der Waals surface area contributed by atoms with Gasteiger partial charge in [0, 0.05) is 0 Å². The monoisotopic (exact) mass is 235 g/mol. The molecule has 1 saturated carbocycles. The van der Waals surface area contributed by atoms with Crippen molar-refractivity contribution in [1.82, 2.24) is 0 Å². The summed E-state index contributed by atoms with van der Waals surface area (Å²) in [7, 11) is 1.63. The van der Waals surface area contributed by atoms with Gasteiger partial charge in [-0.05, 0) is 37.8 Å². The molecule has 1 aromatic rings. The number of nitrogens with two attached hydrogens (primary N) is 1. The molecule has 0 atom stereocenters. The third kappa shape index (κ3) is 3.05. The van der Waals surface area contributed by atoms with E-state index in [1.807, 2.05) is 18.2 Å². The third-order valence-electron chi connectivity index (χ3n) is 3.34. The summed E-state index contributed by atoms with van der Waals surface area (Å²) < 4.78 is 11.2. The van der Waals surface area contributed by atoms with Gasteiger partial charge in [-0.2, -0.15) is 0 Å². The molecule has 0 amide bonds. The molecule has 1 fully saturated rings. The van der Waals surface area contributed by atoms with Gasteiger partial charge in [-0.25, -0.2) is 0 Å². The number of rotatable bonds is 3. The topological polar surface area (TPSA) is 44.5 Å². The van der Waals surface area contributed by atoms with Crippen molar-refractivity contribution < 1.29 is 9.47 Å². The summed E-state index contributed by atoms with van der Waals surface area (Å²) in [6.45, 7) is 0. The van der Waals surface area contributed by atoms with Gasteiger partial charge < -0.3 is 15.2 Å². The van der Waals surface area contributed by atoms with Crippen LogP contribution in [0.3, 0.4) is 0 Å². The van der Waals surface area contributed by atoms with E-state index in [4.69, 9.17) is 15.2 Å². The number of methoxy groups -OCH3 is 1. The van der Waals surface area contributed by atoms with Crippen LogP contribution < -0.4 is 15.2 Å². The number of ether oxygens (including phenoxy) is 2. The van der Waals surface area contributed by atoms with Gasteiger partial charge in [0.2, 0.25) is 0 Å². The van der Waals surface area contributed by atoms with Crippen LogP contribution in [-0.4, -0.2) is 13.2 Å². The maximum Gasteiger partial charge on any atom is 0.146 e. The summed E-state index contributed by atoms with van der Waals surface area (Å²) in [5, 5.41) is 0. The van der Waals surface area contributed by atoms with Crippen molar-refractivity contribution in [3.63, 3.8) is 0 Å². The predicted octanol–water partition coefficient (Wildman–Crippen LogP) is 3.38. The van der Waals surface area contributed by atoms with Gasteiger partial charge in [-0.1, -0.05) is 18.9 Å². The maximum absolute atomic E-state index is 6.00. The fraction of sp³-hybridized carbons (Fsp3) is 0.571. The molecule has 0 spiro atoms. The van der Waals surface area contributed by atoms with Gasteiger partial charge in [0.05, 0.1) is 13.2 Å². The molecule has 1 aliphatic carbocycles. The molecule has 0 aromatic heterocycles. The van der Waals surface area contributed by atoms with Crippen LogP contribution >= 0.6 is 0 Å². The van der Waals surface area contributed by atoms with Crippen molar-refractivity contribution in [2.24, 2.45) is 0 Å². The maximum atomic E-state index is 6.00. The Hall–Kier alpha value is -1.38. The lowest BCUT2D eigenvalue weighted by Gasteiger charge is -2.19. The van der Waals surface area contributed by atoms with Crippen molar-refractivity contribution in [3.8, 4) is 11.5 Å². The molecule has 1 aromatic carbocycles. The Bertz CT molecular complexity index is 357. The Morgan fingerprint density at radius 2 is 1.71 bits per heavy atom. The van der Waals surface area contributed by atoms with Crippen molar-refractivity contribution in [2.45, 2.75) is 44.6 Å². The van der Waals surface area contributed by atoms with E-state index >= 15 is 0 Å². The fourth-order valence-corrected chi connectivity index (χ4v) is 2.34. The Balaban J connectivity index is 2.06. The highest BCUT2D eigenvalue weighted by Gasteiger charge is 2.15. The van der Waals surface area contributed by atoms with Gasteiger partial charge in [0.15, 0.2) is 0 Å². The average molecular weight is 235 g/mol. The van der Waals surface area contributed by atoms with Crippen LogP contribution in [0.5, 0.6) is 11.5 Å². The Labute approximate surface area is 103 Å². The summed E-state index contributed by atoms with van der Waals surface area (Å²) in [4.78, 5) is 0. The molecule has 1 aliphatic rings. The molecular weight excluding hydrogens is 214 g/mol. The second kappa shape index (κ2) is 5.80. The summed E-state index contributed by atoms with van der Waals surface area (Å²) >= 11 is 0. The van der Waals surface area contributed by atoms with E-state index in [2.05, 4.69) is 0 Å². The molecule has 3 nitrogen and oxygen atoms in total. The van der Waals surface area contributed by atoms with E-state index < -0.39 is 0 Å². The largest absolute Gasteiger partial charge is 0.494 e. The summed E-state index contributed by atoms with van der Waals surface area (Å²) in [6, 6.07) is 5.69. The molecular formula is C14H21NO2. The molecule has 0 radical (unpaired) electrons. The van der Waals surface area contributed by atoms with Crippen LogP contribution in [-0.2, 0) is 0 Å². The minimum Gasteiger partial charge on any atom is -0.494 e. The van der Waals surface area contributed by atoms with E-state index in [-0.39, 0.29) is 0 Å². The van der Waals surface area contributed by atoms with Crippen LogP contribution in [0, 0.1) is 0 Å². The van der Waals surface area contributed by atoms with E-state index in [9.17, 15) is 0 Å². The summed E-state index contributed by atoms with van der Waals surface area (Å²) in [5.41, 5.74) is 6.61. The molecule has 0 unspecified atom stereocenters. The summed E-state index contributed by atoms with van der Waals surface area (Å²) in [6.07, 6.45) is 7.75. The molecule has 3 heteroatoms. The van der Waals surface area contributed by atoms with Crippen LogP contribution in [0.2, 0.25) is 0 Å². The van der Waals surface area contributed by atoms with Gasteiger partial charge >= 0.3 is 0 Å². The normalized spacial score (nSPS) is 17.5. The number of para-hydroxylation sites is 1. The van der Waals surface area contributed by atoms with Gasteiger partial charge in [0.1, 0.15) is 17.2 Å². The number of hydrogen-bond acceptors (Lipinski definition) is 3. The highest BCUT2D eigenvalue weighted by molar-refractivity contribution is 5.62. The smallest absolute Gasteiger partial charge is 0.146 e. The molecule has 2 rings (SSSR count). The molecule has 94 valence electrons. The second-order valence-corrected chi connectivity index (χ2v) is 4.60. The highest BCUT2D eigenvalue weighted by atomic mass is 16.5. The van der Waals surface area contributed by atoms with Gasteiger partial charge in [0.25, 0.3) is 0 Å². The van der Waals surface area contributed by atoms with E-state index in [1.54, 1.807) is 7.11 Å². The minimum atomic E-state index is 0.312.